The van der Waals surface area contributed by atoms with Crippen LogP contribution in [0.3, 0.4) is 0 Å². The van der Waals surface area contributed by atoms with Crippen LogP contribution in [-0.2, 0) is 4.74 Å². The van der Waals surface area contributed by atoms with E-state index in [0.717, 1.165) is 74.7 Å². The lowest BCUT2D eigenvalue weighted by atomic mass is 9.96. The van der Waals surface area contributed by atoms with E-state index in [-0.39, 0.29) is 12.2 Å². The van der Waals surface area contributed by atoms with E-state index < -0.39 is 5.91 Å². The van der Waals surface area contributed by atoms with Gasteiger partial charge in [-0.15, -0.1) is 0 Å². The second kappa shape index (κ2) is 10.9. The topological polar surface area (TPSA) is 95.7 Å². The number of hydrogen-bond donors (Lipinski definition) is 2. The number of pyridine rings is 1. The summed E-state index contributed by atoms with van der Waals surface area (Å²) in [5.41, 5.74) is 6.78. The molecule has 4 rings (SSSR count). The number of primary amides is 1. The van der Waals surface area contributed by atoms with Gasteiger partial charge in [-0.1, -0.05) is 11.8 Å². The van der Waals surface area contributed by atoms with Crippen molar-refractivity contribution in [3.8, 4) is 23.5 Å². The third-order valence-electron chi connectivity index (χ3n) is 6.06. The smallest absolute Gasteiger partial charge is 0.252 e. The molecule has 1 unspecified atom stereocenters. The number of amides is 1. The van der Waals surface area contributed by atoms with Gasteiger partial charge in [-0.2, -0.15) is 0 Å². The average Bonchev–Trinajstić information content (AvgIpc) is 2.81. The van der Waals surface area contributed by atoms with Gasteiger partial charge in [0.05, 0.1) is 17.2 Å². The van der Waals surface area contributed by atoms with Crippen LogP contribution in [0.1, 0.15) is 61.9 Å². The van der Waals surface area contributed by atoms with Crippen molar-refractivity contribution < 1.29 is 19.0 Å². The molecule has 1 aromatic heterocycles. The van der Waals surface area contributed by atoms with Gasteiger partial charge < -0.3 is 25.3 Å². The predicted molar refractivity (Wildman–Crippen MR) is 128 cm³/mol. The monoisotopic (exact) mass is 451 g/mol. The van der Waals surface area contributed by atoms with Crippen molar-refractivity contribution in [3.63, 3.8) is 0 Å². The van der Waals surface area contributed by atoms with Gasteiger partial charge >= 0.3 is 0 Å². The number of nitrogens with two attached hydrogens (primary N) is 1. The van der Waals surface area contributed by atoms with Crippen molar-refractivity contribution in [2.24, 2.45) is 11.7 Å². The fourth-order valence-electron chi connectivity index (χ4n) is 4.30. The molecule has 7 heteroatoms. The summed E-state index contributed by atoms with van der Waals surface area (Å²) in [7, 11) is 0. The Bertz CT molecular complexity index is 1040. The highest BCUT2D eigenvalue weighted by atomic mass is 16.5. The Hall–Kier alpha value is -2.82. The molecule has 1 amide bonds. The van der Waals surface area contributed by atoms with E-state index in [4.69, 9.17) is 19.9 Å². The molecule has 2 fully saturated rings. The summed E-state index contributed by atoms with van der Waals surface area (Å²) in [5, 5.41) is 4.94. The first-order chi connectivity index (χ1) is 16.0. The van der Waals surface area contributed by atoms with E-state index in [2.05, 4.69) is 22.1 Å². The van der Waals surface area contributed by atoms with Crippen LogP contribution in [0.4, 0.5) is 0 Å². The standard InChI is InChI=1S/C26H33N3O4/c1-17(2)32-24-14-22-21(13-23(24)25(27)30)19(6-3-5-18-8-11-31-12-9-18)15-29-26(22)33-20-7-4-10-28-16-20/h13-15,17-18,20,28H,4-5,7-12,16H2,1-2H3,(H2,27,30). The normalized spacial score (nSPS) is 19.2. The number of hydrogen-bond acceptors (Lipinski definition) is 6. The van der Waals surface area contributed by atoms with Crippen LogP contribution in [0.5, 0.6) is 11.6 Å². The fraction of sp³-hybridized carbons (Fsp3) is 0.538. The van der Waals surface area contributed by atoms with E-state index in [9.17, 15) is 4.79 Å². The SMILES string of the molecule is CC(C)Oc1cc2c(OC3CCCNC3)ncc(C#CCC3CCOCC3)c2cc1C(N)=O. The molecule has 1 atom stereocenters. The zero-order valence-corrected chi connectivity index (χ0v) is 19.5. The van der Waals surface area contributed by atoms with Gasteiger partial charge in [-0.25, -0.2) is 4.98 Å². The highest BCUT2D eigenvalue weighted by Gasteiger charge is 2.21. The average molecular weight is 452 g/mol. The van der Waals surface area contributed by atoms with E-state index >= 15 is 0 Å². The molecule has 1 aromatic carbocycles. The predicted octanol–water partition coefficient (Wildman–Crippen LogP) is 3.42. The molecule has 0 radical (unpaired) electrons. The summed E-state index contributed by atoms with van der Waals surface area (Å²) in [4.78, 5) is 16.8. The second-order valence-corrected chi connectivity index (χ2v) is 9.05. The molecule has 176 valence electrons. The van der Waals surface area contributed by atoms with Crippen molar-refractivity contribution >= 4 is 16.7 Å². The number of carbonyl (C=O) groups excluding carboxylic acids is 1. The number of nitrogens with zero attached hydrogens (tertiary/aromatic N) is 1. The highest BCUT2D eigenvalue weighted by molar-refractivity contribution is 6.03. The lowest BCUT2D eigenvalue weighted by Gasteiger charge is -2.24. The number of aromatic nitrogens is 1. The van der Waals surface area contributed by atoms with Gasteiger partial charge in [-0.05, 0) is 64.1 Å². The number of ether oxygens (including phenoxy) is 3. The van der Waals surface area contributed by atoms with Crippen LogP contribution in [0.25, 0.3) is 10.8 Å². The lowest BCUT2D eigenvalue weighted by Crippen LogP contribution is -2.37. The summed E-state index contributed by atoms with van der Waals surface area (Å²) in [6.07, 6.45) is 6.60. The first kappa shape index (κ1) is 23.3. The molecule has 33 heavy (non-hydrogen) atoms. The molecule has 0 saturated carbocycles. The third kappa shape index (κ3) is 5.95. The number of piperidine rings is 1. The Morgan fingerprint density at radius 3 is 2.79 bits per heavy atom. The summed E-state index contributed by atoms with van der Waals surface area (Å²) in [6, 6.07) is 3.58. The molecule has 2 saturated heterocycles. The first-order valence-corrected chi connectivity index (χ1v) is 11.9. The van der Waals surface area contributed by atoms with E-state index in [1.165, 1.54) is 0 Å². The molecule has 2 aromatic rings. The van der Waals surface area contributed by atoms with Crippen LogP contribution in [0.2, 0.25) is 0 Å². The quantitative estimate of drug-likeness (QED) is 0.654. The summed E-state index contributed by atoms with van der Waals surface area (Å²) in [5.74, 6) is 7.57. The van der Waals surface area contributed by atoms with Crippen molar-refractivity contribution in [1.29, 1.82) is 0 Å². The third-order valence-corrected chi connectivity index (χ3v) is 6.06. The maximum Gasteiger partial charge on any atom is 0.252 e. The van der Waals surface area contributed by atoms with Gasteiger partial charge in [0, 0.05) is 43.1 Å². The maximum atomic E-state index is 12.2. The van der Waals surface area contributed by atoms with Gasteiger partial charge in [-0.3, -0.25) is 4.79 Å². The molecule has 2 aliphatic heterocycles. The number of rotatable bonds is 6. The number of fused-ring (bicyclic) bond motifs is 1. The fourth-order valence-corrected chi connectivity index (χ4v) is 4.30. The molecule has 0 bridgehead atoms. The van der Waals surface area contributed by atoms with E-state index in [1.807, 2.05) is 19.9 Å². The second-order valence-electron chi connectivity index (χ2n) is 9.05. The molecular formula is C26H33N3O4. The minimum absolute atomic E-state index is 0.0465. The molecule has 0 spiro atoms. The molecule has 7 nitrogen and oxygen atoms in total. The number of carbonyl (C=O) groups is 1. The minimum Gasteiger partial charge on any atom is -0.490 e. The van der Waals surface area contributed by atoms with E-state index in [0.29, 0.717) is 23.1 Å². The summed E-state index contributed by atoms with van der Waals surface area (Å²) in [6.45, 7) is 7.22. The van der Waals surface area contributed by atoms with Gasteiger partial charge in [0.1, 0.15) is 11.9 Å². The van der Waals surface area contributed by atoms with Gasteiger partial charge in [0.2, 0.25) is 5.88 Å². The zero-order valence-electron chi connectivity index (χ0n) is 19.5. The minimum atomic E-state index is -0.538. The van der Waals surface area contributed by atoms with Crippen molar-refractivity contribution in [3.05, 3.63) is 29.5 Å². The van der Waals surface area contributed by atoms with Crippen LogP contribution in [-0.4, -0.2) is 49.4 Å². The first-order valence-electron chi connectivity index (χ1n) is 11.9. The number of nitrogens with one attached hydrogen (secondary N) is 1. The molecule has 0 aliphatic carbocycles. The lowest BCUT2D eigenvalue weighted by molar-refractivity contribution is 0.0678. The Morgan fingerprint density at radius 2 is 2.09 bits per heavy atom. The van der Waals surface area contributed by atoms with Crippen molar-refractivity contribution in [2.75, 3.05) is 26.3 Å². The van der Waals surface area contributed by atoms with Crippen LogP contribution >= 0.6 is 0 Å². The zero-order chi connectivity index (χ0) is 23.2. The van der Waals surface area contributed by atoms with Gasteiger partial charge in [0.25, 0.3) is 5.91 Å². The maximum absolute atomic E-state index is 12.2. The molecule has 2 aliphatic rings. The van der Waals surface area contributed by atoms with Crippen LogP contribution in [0, 0.1) is 17.8 Å². The molecular weight excluding hydrogens is 418 g/mol. The summed E-state index contributed by atoms with van der Waals surface area (Å²) >= 11 is 0. The number of benzene rings is 1. The highest BCUT2D eigenvalue weighted by Crippen LogP contribution is 2.34. The van der Waals surface area contributed by atoms with Gasteiger partial charge in [0.15, 0.2) is 0 Å². The van der Waals surface area contributed by atoms with Crippen molar-refractivity contribution in [2.45, 2.75) is 58.2 Å². The Labute approximate surface area is 195 Å². The van der Waals surface area contributed by atoms with Crippen LogP contribution < -0.4 is 20.5 Å². The summed E-state index contributed by atoms with van der Waals surface area (Å²) < 4.78 is 17.6. The van der Waals surface area contributed by atoms with E-state index in [1.54, 1.807) is 12.3 Å². The van der Waals surface area contributed by atoms with Crippen LogP contribution in [0.15, 0.2) is 18.3 Å². The Balaban J connectivity index is 1.73. The largest absolute Gasteiger partial charge is 0.490 e. The molecule has 3 heterocycles. The molecule has 3 N–H and O–H groups in total. The Kier molecular flexibility index (Phi) is 7.69. The van der Waals surface area contributed by atoms with Crippen molar-refractivity contribution in [1.82, 2.24) is 10.3 Å². The Morgan fingerprint density at radius 1 is 1.27 bits per heavy atom.